The maximum atomic E-state index is 11.9. The first kappa shape index (κ1) is 15.9. The highest BCUT2D eigenvalue weighted by Crippen LogP contribution is 2.25. The smallest absolute Gasteiger partial charge is 0.351 e. The second-order valence-electron chi connectivity index (χ2n) is 3.46. The number of carbonyl (C=O) groups is 1. The van der Waals surface area contributed by atoms with Crippen LogP contribution in [0.5, 0.6) is 0 Å². The molecular formula is C9H10F3NO4S2. The molecule has 0 spiro atoms. The molecule has 0 saturated heterocycles. The summed E-state index contributed by atoms with van der Waals surface area (Å²) in [5.74, 6) is -0.300. The zero-order chi connectivity index (χ0) is 14.7. The Labute approximate surface area is 111 Å². The topological polar surface area (TPSA) is 72.5 Å². The molecule has 10 heteroatoms. The fourth-order valence-corrected chi connectivity index (χ4v) is 3.19. The summed E-state index contributed by atoms with van der Waals surface area (Å²) in [7, 11) is -4.43. The Balaban J connectivity index is 2.71. The number of alkyl halides is 3. The van der Waals surface area contributed by atoms with Crippen molar-refractivity contribution in [1.29, 1.82) is 0 Å². The summed E-state index contributed by atoms with van der Waals surface area (Å²) in [6.45, 7) is -0.471. The van der Waals surface area contributed by atoms with Gasteiger partial charge in [-0.3, -0.25) is 8.98 Å². The molecule has 0 aliphatic heterocycles. The van der Waals surface area contributed by atoms with E-state index in [2.05, 4.69) is 9.50 Å². The normalized spacial score (nSPS) is 12.4. The van der Waals surface area contributed by atoms with Gasteiger partial charge in [0.1, 0.15) is 4.21 Å². The van der Waals surface area contributed by atoms with E-state index in [1.807, 2.05) is 0 Å². The van der Waals surface area contributed by atoms with Crippen LogP contribution in [0, 0.1) is 0 Å². The lowest BCUT2D eigenvalue weighted by atomic mass is 10.4. The zero-order valence-corrected chi connectivity index (χ0v) is 11.3. The van der Waals surface area contributed by atoms with E-state index in [1.54, 1.807) is 0 Å². The van der Waals surface area contributed by atoms with Gasteiger partial charge in [-0.1, -0.05) is 0 Å². The molecule has 5 nitrogen and oxygen atoms in total. The van der Waals surface area contributed by atoms with Gasteiger partial charge in [-0.25, -0.2) is 0 Å². The van der Waals surface area contributed by atoms with E-state index in [0.29, 0.717) is 4.88 Å². The van der Waals surface area contributed by atoms with E-state index in [9.17, 15) is 26.4 Å². The van der Waals surface area contributed by atoms with Crippen LogP contribution in [0.15, 0.2) is 16.3 Å². The van der Waals surface area contributed by atoms with Crippen molar-refractivity contribution in [2.24, 2.45) is 0 Å². The van der Waals surface area contributed by atoms with Crippen molar-refractivity contribution in [2.75, 3.05) is 6.61 Å². The molecule has 1 heterocycles. The van der Waals surface area contributed by atoms with Gasteiger partial charge in [-0.15, -0.1) is 11.3 Å². The van der Waals surface area contributed by atoms with Gasteiger partial charge < -0.3 is 5.32 Å². The highest BCUT2D eigenvalue weighted by Gasteiger charge is 2.32. The standard InChI is InChI=1S/C9H10F3NO4S2/c1-6(14)13-4-7-2-3-8(18-7)19(15,16)17-5-9(10,11)12/h2-3H,4-5H2,1H3,(H,13,14). The predicted octanol–water partition coefficient (Wildman–Crippen LogP) is 1.65. The van der Waals surface area contributed by atoms with Crippen LogP contribution in [0.25, 0.3) is 0 Å². The molecule has 1 amide bonds. The molecule has 0 saturated carbocycles. The number of rotatable bonds is 5. The number of carbonyl (C=O) groups excluding carboxylic acids is 1. The minimum atomic E-state index is -4.72. The number of thiophene rings is 1. The van der Waals surface area contributed by atoms with Crippen LogP contribution in [-0.4, -0.2) is 27.1 Å². The van der Waals surface area contributed by atoms with E-state index in [-0.39, 0.29) is 16.7 Å². The summed E-state index contributed by atoms with van der Waals surface area (Å²) in [6.07, 6.45) is -4.72. The molecule has 0 unspecified atom stereocenters. The van der Waals surface area contributed by atoms with E-state index in [1.165, 1.54) is 13.0 Å². The monoisotopic (exact) mass is 317 g/mol. The number of hydrogen-bond acceptors (Lipinski definition) is 5. The van der Waals surface area contributed by atoms with Crippen LogP contribution in [0.4, 0.5) is 13.2 Å². The highest BCUT2D eigenvalue weighted by atomic mass is 32.3. The Hall–Kier alpha value is -1.13. The van der Waals surface area contributed by atoms with E-state index in [4.69, 9.17) is 0 Å². The van der Waals surface area contributed by atoms with Gasteiger partial charge in [-0.05, 0) is 12.1 Å². The maximum absolute atomic E-state index is 11.9. The van der Waals surface area contributed by atoms with Gasteiger partial charge in [0, 0.05) is 11.8 Å². The molecule has 1 N–H and O–H groups in total. The van der Waals surface area contributed by atoms with Crippen LogP contribution >= 0.6 is 11.3 Å². The van der Waals surface area contributed by atoms with E-state index in [0.717, 1.165) is 17.4 Å². The Bertz CT molecular complexity index is 550. The molecular weight excluding hydrogens is 307 g/mol. The van der Waals surface area contributed by atoms with Crippen molar-refractivity contribution in [2.45, 2.75) is 23.9 Å². The number of amides is 1. The lowest BCUT2D eigenvalue weighted by Gasteiger charge is -2.06. The Morgan fingerprint density at radius 1 is 1.42 bits per heavy atom. The molecule has 0 bridgehead atoms. The molecule has 0 atom stereocenters. The SMILES string of the molecule is CC(=O)NCc1ccc(S(=O)(=O)OCC(F)(F)F)s1. The zero-order valence-electron chi connectivity index (χ0n) is 9.65. The average molecular weight is 317 g/mol. The molecule has 0 radical (unpaired) electrons. The molecule has 19 heavy (non-hydrogen) atoms. The van der Waals surface area contributed by atoms with Crippen LogP contribution in [0.3, 0.4) is 0 Å². The highest BCUT2D eigenvalue weighted by molar-refractivity contribution is 7.89. The Morgan fingerprint density at radius 3 is 2.58 bits per heavy atom. The van der Waals surface area contributed by atoms with Crippen LogP contribution in [0.1, 0.15) is 11.8 Å². The summed E-state index contributed by atoms with van der Waals surface area (Å²) in [4.78, 5) is 11.1. The van der Waals surface area contributed by atoms with E-state index < -0.39 is 22.9 Å². The fraction of sp³-hybridized carbons (Fsp3) is 0.444. The quantitative estimate of drug-likeness (QED) is 0.838. The third kappa shape index (κ3) is 5.57. The summed E-state index contributed by atoms with van der Waals surface area (Å²) in [6, 6.07) is 2.53. The van der Waals surface area contributed by atoms with Crippen molar-refractivity contribution in [3.8, 4) is 0 Å². The van der Waals surface area contributed by atoms with Crippen molar-refractivity contribution >= 4 is 27.4 Å². The third-order valence-corrected chi connectivity index (χ3v) is 4.57. The minimum Gasteiger partial charge on any atom is -0.351 e. The fourth-order valence-electron chi connectivity index (χ4n) is 1.00. The van der Waals surface area contributed by atoms with Crippen molar-refractivity contribution in [3.05, 3.63) is 17.0 Å². The van der Waals surface area contributed by atoms with E-state index >= 15 is 0 Å². The van der Waals surface area contributed by atoms with Gasteiger partial charge in [0.15, 0.2) is 6.61 Å². The number of hydrogen-bond donors (Lipinski definition) is 1. The second-order valence-corrected chi connectivity index (χ2v) is 6.47. The van der Waals surface area contributed by atoms with Gasteiger partial charge in [0.25, 0.3) is 0 Å². The van der Waals surface area contributed by atoms with Crippen molar-refractivity contribution < 1.29 is 30.6 Å². The van der Waals surface area contributed by atoms with Gasteiger partial charge in [0.2, 0.25) is 5.91 Å². The largest absolute Gasteiger partial charge is 0.413 e. The predicted molar refractivity (Wildman–Crippen MR) is 61.0 cm³/mol. The first-order valence-corrected chi connectivity index (χ1v) is 7.12. The molecule has 1 rings (SSSR count). The van der Waals surface area contributed by atoms with Gasteiger partial charge >= 0.3 is 16.3 Å². The lowest BCUT2D eigenvalue weighted by Crippen LogP contribution is -2.20. The maximum Gasteiger partial charge on any atom is 0.413 e. The summed E-state index contributed by atoms with van der Waals surface area (Å²) < 4.78 is 62.1. The molecule has 1 aromatic rings. The Morgan fingerprint density at radius 2 is 2.05 bits per heavy atom. The molecule has 0 aliphatic rings. The lowest BCUT2D eigenvalue weighted by molar-refractivity contribution is -0.152. The first-order valence-electron chi connectivity index (χ1n) is 4.89. The van der Waals surface area contributed by atoms with Crippen LogP contribution in [-0.2, 0) is 25.6 Å². The first-order chi connectivity index (χ1) is 8.60. The molecule has 108 valence electrons. The molecule has 0 aliphatic carbocycles. The van der Waals surface area contributed by atoms with Crippen molar-refractivity contribution in [3.63, 3.8) is 0 Å². The molecule has 0 fully saturated rings. The van der Waals surface area contributed by atoms with Crippen LogP contribution < -0.4 is 5.32 Å². The average Bonchev–Trinajstić information content (AvgIpc) is 2.72. The van der Waals surface area contributed by atoms with Gasteiger partial charge in [-0.2, -0.15) is 21.6 Å². The number of halogens is 3. The summed E-state index contributed by atoms with van der Waals surface area (Å²) in [5, 5.41) is 2.44. The van der Waals surface area contributed by atoms with Crippen LogP contribution in [0.2, 0.25) is 0 Å². The minimum absolute atomic E-state index is 0.106. The third-order valence-electron chi connectivity index (χ3n) is 1.77. The molecule has 0 aromatic carbocycles. The second kappa shape index (κ2) is 5.88. The molecule has 1 aromatic heterocycles. The summed E-state index contributed by atoms with van der Waals surface area (Å²) >= 11 is 0.737. The number of nitrogens with one attached hydrogen (secondary N) is 1. The van der Waals surface area contributed by atoms with Crippen molar-refractivity contribution in [1.82, 2.24) is 5.32 Å². The van der Waals surface area contributed by atoms with Gasteiger partial charge in [0.05, 0.1) is 6.54 Å². The summed E-state index contributed by atoms with van der Waals surface area (Å²) in [5.41, 5.74) is 0. The Kier molecular flexibility index (Phi) is 4.93.